The fourth-order valence-corrected chi connectivity index (χ4v) is 2.23. The molecule has 0 aromatic carbocycles. The number of nitrogen functional groups attached to an aromatic ring is 1. The highest BCUT2D eigenvalue weighted by Crippen LogP contribution is 2.36. The number of hydrazine groups is 1. The summed E-state index contributed by atoms with van der Waals surface area (Å²) in [5.41, 5.74) is 10.5. The Bertz CT molecular complexity index is 367. The minimum absolute atomic E-state index is 0.0824. The van der Waals surface area contributed by atoms with Gasteiger partial charge < -0.3 is 10.5 Å². The van der Waals surface area contributed by atoms with Crippen LogP contribution in [0.3, 0.4) is 0 Å². The summed E-state index contributed by atoms with van der Waals surface area (Å²) < 4.78 is 5.54. The van der Waals surface area contributed by atoms with Gasteiger partial charge in [-0.15, -0.1) is 0 Å². The molecule has 5 N–H and O–H groups in total. The topological polar surface area (TPSA) is 86.2 Å². The highest BCUT2D eigenvalue weighted by Gasteiger charge is 2.36. The fraction of sp³-hybridized carbons (Fsp3) is 0.583. The largest absolute Gasteiger partial charge is 0.398 e. The lowest BCUT2D eigenvalue weighted by molar-refractivity contribution is 0.0511. The van der Waals surface area contributed by atoms with Gasteiger partial charge in [0.25, 0.3) is 0 Å². The first kappa shape index (κ1) is 12.3. The molecule has 1 fully saturated rings. The smallest absolute Gasteiger partial charge is 0.0769 e. The molecule has 1 saturated carbocycles. The molecule has 1 aliphatic carbocycles. The van der Waals surface area contributed by atoms with Gasteiger partial charge in [0.15, 0.2) is 0 Å². The van der Waals surface area contributed by atoms with E-state index in [2.05, 4.69) is 10.4 Å². The number of nitrogens with zero attached hydrogens (tertiary/aromatic N) is 1. The quantitative estimate of drug-likeness (QED) is 0.493. The molecular weight excluding hydrogens is 216 g/mol. The van der Waals surface area contributed by atoms with Crippen molar-refractivity contribution in [1.82, 2.24) is 10.4 Å². The summed E-state index contributed by atoms with van der Waals surface area (Å²) in [4.78, 5) is 4.09. The Morgan fingerprint density at radius 3 is 2.88 bits per heavy atom. The third-order valence-electron chi connectivity index (χ3n) is 3.35. The molecule has 0 radical (unpaired) electrons. The third kappa shape index (κ3) is 2.94. The summed E-state index contributed by atoms with van der Waals surface area (Å²) in [6.45, 7) is 0. The van der Waals surface area contributed by atoms with Crippen LogP contribution in [0.5, 0.6) is 0 Å². The molecule has 0 spiro atoms. The highest BCUT2D eigenvalue weighted by atomic mass is 16.5. The number of hydrogen-bond donors (Lipinski definition) is 3. The van der Waals surface area contributed by atoms with Crippen LogP contribution in [-0.4, -0.2) is 24.2 Å². The lowest BCUT2D eigenvalue weighted by atomic mass is 9.99. The summed E-state index contributed by atoms with van der Waals surface area (Å²) in [5, 5.41) is 0. The van der Waals surface area contributed by atoms with Crippen molar-refractivity contribution in [2.75, 3.05) is 12.8 Å². The van der Waals surface area contributed by atoms with Crippen LogP contribution in [0.2, 0.25) is 0 Å². The Hall–Kier alpha value is -1.17. The van der Waals surface area contributed by atoms with Crippen LogP contribution in [-0.2, 0) is 11.2 Å². The first-order valence-corrected chi connectivity index (χ1v) is 5.93. The predicted molar refractivity (Wildman–Crippen MR) is 67.0 cm³/mol. The number of anilines is 1. The first-order valence-electron chi connectivity index (χ1n) is 5.93. The maximum absolute atomic E-state index is 5.91. The monoisotopic (exact) mass is 236 g/mol. The molecule has 2 rings (SSSR count). The Labute approximate surface area is 102 Å². The molecule has 17 heavy (non-hydrogen) atoms. The van der Waals surface area contributed by atoms with Crippen LogP contribution in [0.15, 0.2) is 18.5 Å². The van der Waals surface area contributed by atoms with E-state index in [4.69, 9.17) is 16.3 Å². The molecule has 1 heterocycles. The predicted octanol–water partition coefficient (Wildman–Crippen LogP) is 0.463. The van der Waals surface area contributed by atoms with E-state index in [1.54, 1.807) is 19.5 Å². The molecule has 1 aromatic heterocycles. The maximum Gasteiger partial charge on any atom is 0.0769 e. The van der Waals surface area contributed by atoms with Crippen molar-refractivity contribution in [3.8, 4) is 0 Å². The number of hydrogen-bond acceptors (Lipinski definition) is 5. The van der Waals surface area contributed by atoms with E-state index in [0.29, 0.717) is 5.92 Å². The van der Waals surface area contributed by atoms with Crippen molar-refractivity contribution in [3.63, 3.8) is 0 Å². The molecule has 0 bridgehead atoms. The van der Waals surface area contributed by atoms with Crippen LogP contribution in [0.1, 0.15) is 18.4 Å². The maximum atomic E-state index is 5.91. The van der Waals surface area contributed by atoms with Crippen LogP contribution in [0.4, 0.5) is 5.69 Å². The second-order valence-electron chi connectivity index (χ2n) is 4.59. The Morgan fingerprint density at radius 1 is 1.59 bits per heavy atom. The fourth-order valence-electron chi connectivity index (χ4n) is 2.23. The van der Waals surface area contributed by atoms with Crippen molar-refractivity contribution < 1.29 is 4.74 Å². The lowest BCUT2D eigenvalue weighted by Crippen LogP contribution is -2.47. The van der Waals surface area contributed by atoms with Gasteiger partial charge in [-0.1, -0.05) is 0 Å². The zero-order valence-electron chi connectivity index (χ0n) is 10.1. The number of aromatic nitrogens is 1. The van der Waals surface area contributed by atoms with E-state index in [1.807, 2.05) is 6.07 Å². The van der Waals surface area contributed by atoms with E-state index < -0.39 is 0 Å². The van der Waals surface area contributed by atoms with E-state index in [1.165, 1.54) is 12.8 Å². The highest BCUT2D eigenvalue weighted by molar-refractivity contribution is 5.44. The zero-order chi connectivity index (χ0) is 12.3. The van der Waals surface area contributed by atoms with E-state index in [9.17, 15) is 0 Å². The SMILES string of the molecule is COC(C1CC1)C(Cc1cnccc1N)NN. The van der Waals surface area contributed by atoms with Crippen molar-refractivity contribution in [2.45, 2.75) is 31.4 Å². The first-order chi connectivity index (χ1) is 8.26. The molecule has 2 unspecified atom stereocenters. The van der Waals surface area contributed by atoms with Gasteiger partial charge in [-0.25, -0.2) is 0 Å². The van der Waals surface area contributed by atoms with Crippen LogP contribution in [0, 0.1) is 5.92 Å². The molecule has 5 nitrogen and oxygen atoms in total. The summed E-state index contributed by atoms with van der Waals surface area (Å²) in [5.74, 6) is 6.25. The second-order valence-corrected chi connectivity index (χ2v) is 4.59. The standard InChI is InChI=1S/C12H20N4O/c1-17-12(8-2-3-8)11(16-14)6-9-7-15-5-4-10(9)13/h4-5,7-8,11-12,16H,2-3,6,14H2,1H3,(H2,13,15). The number of nitrogens with one attached hydrogen (secondary N) is 1. The van der Waals surface area contributed by atoms with Gasteiger partial charge in [0.1, 0.15) is 0 Å². The molecule has 0 saturated heterocycles. The Kier molecular flexibility index (Phi) is 3.93. The van der Waals surface area contributed by atoms with E-state index in [-0.39, 0.29) is 12.1 Å². The Morgan fingerprint density at radius 2 is 2.35 bits per heavy atom. The molecule has 1 aromatic rings. The number of pyridine rings is 1. The summed E-state index contributed by atoms with van der Waals surface area (Å²) in [6, 6.07) is 1.89. The summed E-state index contributed by atoms with van der Waals surface area (Å²) >= 11 is 0. The van der Waals surface area contributed by atoms with Crippen molar-refractivity contribution in [1.29, 1.82) is 0 Å². The van der Waals surface area contributed by atoms with Gasteiger partial charge >= 0.3 is 0 Å². The second kappa shape index (κ2) is 5.44. The lowest BCUT2D eigenvalue weighted by Gasteiger charge is -2.25. The summed E-state index contributed by atoms with van der Waals surface area (Å²) in [6.07, 6.45) is 6.82. The van der Waals surface area contributed by atoms with Crippen molar-refractivity contribution >= 4 is 5.69 Å². The average Bonchev–Trinajstić information content (AvgIpc) is 3.15. The molecule has 0 amide bonds. The number of nitrogens with two attached hydrogens (primary N) is 2. The minimum atomic E-state index is 0.0824. The molecule has 94 valence electrons. The normalized spacial score (nSPS) is 18.9. The van der Waals surface area contributed by atoms with E-state index in [0.717, 1.165) is 17.7 Å². The number of methoxy groups -OCH3 is 1. The number of rotatable bonds is 6. The minimum Gasteiger partial charge on any atom is -0.398 e. The third-order valence-corrected chi connectivity index (χ3v) is 3.35. The van der Waals surface area contributed by atoms with Gasteiger partial charge in [0.2, 0.25) is 0 Å². The average molecular weight is 236 g/mol. The van der Waals surface area contributed by atoms with Crippen LogP contribution < -0.4 is 17.0 Å². The van der Waals surface area contributed by atoms with Crippen LogP contribution in [0.25, 0.3) is 0 Å². The van der Waals surface area contributed by atoms with Gasteiger partial charge in [0.05, 0.1) is 12.1 Å². The van der Waals surface area contributed by atoms with Crippen LogP contribution >= 0.6 is 0 Å². The molecule has 5 heteroatoms. The number of ether oxygens (including phenoxy) is 1. The van der Waals surface area contributed by atoms with E-state index >= 15 is 0 Å². The van der Waals surface area contributed by atoms with Gasteiger partial charge in [-0.3, -0.25) is 16.3 Å². The summed E-state index contributed by atoms with van der Waals surface area (Å²) in [7, 11) is 1.74. The molecule has 2 atom stereocenters. The van der Waals surface area contributed by atoms with Crippen molar-refractivity contribution in [2.24, 2.45) is 11.8 Å². The van der Waals surface area contributed by atoms with Gasteiger partial charge in [0, 0.05) is 25.2 Å². The Balaban J connectivity index is 2.06. The van der Waals surface area contributed by atoms with Gasteiger partial charge in [-0.05, 0) is 36.8 Å². The molecule has 0 aliphatic heterocycles. The van der Waals surface area contributed by atoms with Crippen molar-refractivity contribution in [3.05, 3.63) is 24.0 Å². The van der Waals surface area contributed by atoms with Gasteiger partial charge in [-0.2, -0.15) is 0 Å². The molecular formula is C12H20N4O. The zero-order valence-corrected chi connectivity index (χ0v) is 10.1. The molecule has 1 aliphatic rings.